The zero-order chi connectivity index (χ0) is 14.6. The Balaban J connectivity index is 2.16. The molecule has 0 aliphatic carbocycles. The normalized spacial score (nSPS) is 18.4. The molecular formula is C17H26FNO. The first kappa shape index (κ1) is 15.5. The van der Waals surface area contributed by atoms with Crippen molar-refractivity contribution in [2.24, 2.45) is 5.41 Å². The largest absolute Gasteiger partial charge is 0.381 e. The third kappa shape index (κ3) is 4.03. The van der Waals surface area contributed by atoms with E-state index in [0.717, 1.165) is 44.6 Å². The van der Waals surface area contributed by atoms with Crippen LogP contribution in [0.3, 0.4) is 0 Å². The summed E-state index contributed by atoms with van der Waals surface area (Å²) in [5, 5.41) is 3.56. The van der Waals surface area contributed by atoms with E-state index in [1.807, 2.05) is 6.07 Å². The standard InChI is InChI=1S/C17H26FNO/c1-13(2)19-12-17(6-8-20-9-7-17)11-15-10-16(18)5-4-14(15)3/h4-5,10,13,19H,6-9,11-12H2,1-3H3. The van der Waals surface area contributed by atoms with Crippen LogP contribution in [-0.4, -0.2) is 25.8 Å². The summed E-state index contributed by atoms with van der Waals surface area (Å²) >= 11 is 0. The Morgan fingerprint density at radius 1 is 1.30 bits per heavy atom. The molecule has 1 saturated heterocycles. The molecule has 0 aromatic heterocycles. The van der Waals surface area contributed by atoms with Crippen molar-refractivity contribution < 1.29 is 9.13 Å². The maximum absolute atomic E-state index is 13.5. The van der Waals surface area contributed by atoms with Crippen LogP contribution < -0.4 is 5.32 Å². The minimum absolute atomic E-state index is 0.135. The van der Waals surface area contributed by atoms with Gasteiger partial charge in [0.05, 0.1) is 0 Å². The molecule has 2 rings (SSSR count). The van der Waals surface area contributed by atoms with Crippen LogP contribution in [0.25, 0.3) is 0 Å². The molecule has 0 spiro atoms. The quantitative estimate of drug-likeness (QED) is 0.891. The molecule has 0 atom stereocenters. The molecule has 2 nitrogen and oxygen atoms in total. The van der Waals surface area contributed by atoms with Crippen molar-refractivity contribution in [2.75, 3.05) is 19.8 Å². The number of hydrogen-bond donors (Lipinski definition) is 1. The molecule has 1 aromatic rings. The average molecular weight is 279 g/mol. The number of nitrogens with one attached hydrogen (secondary N) is 1. The highest BCUT2D eigenvalue weighted by molar-refractivity contribution is 5.28. The summed E-state index contributed by atoms with van der Waals surface area (Å²) in [4.78, 5) is 0. The van der Waals surface area contributed by atoms with Gasteiger partial charge in [-0.2, -0.15) is 0 Å². The maximum atomic E-state index is 13.5. The van der Waals surface area contributed by atoms with Crippen LogP contribution in [0.5, 0.6) is 0 Å². The van der Waals surface area contributed by atoms with Crippen LogP contribution in [0.15, 0.2) is 18.2 Å². The SMILES string of the molecule is Cc1ccc(F)cc1CC1(CNC(C)C)CCOCC1. The van der Waals surface area contributed by atoms with Crippen LogP contribution >= 0.6 is 0 Å². The summed E-state index contributed by atoms with van der Waals surface area (Å²) < 4.78 is 19.0. The molecule has 1 N–H and O–H groups in total. The third-order valence-corrected chi connectivity index (χ3v) is 4.32. The van der Waals surface area contributed by atoms with Crippen LogP contribution in [0.2, 0.25) is 0 Å². The van der Waals surface area contributed by atoms with E-state index in [4.69, 9.17) is 4.74 Å². The lowest BCUT2D eigenvalue weighted by molar-refractivity contribution is 0.0140. The first-order valence-corrected chi connectivity index (χ1v) is 7.57. The van der Waals surface area contributed by atoms with Crippen molar-refractivity contribution in [2.45, 2.75) is 46.1 Å². The zero-order valence-electron chi connectivity index (χ0n) is 12.8. The van der Waals surface area contributed by atoms with E-state index in [0.29, 0.717) is 6.04 Å². The highest BCUT2D eigenvalue weighted by atomic mass is 19.1. The van der Waals surface area contributed by atoms with E-state index < -0.39 is 0 Å². The van der Waals surface area contributed by atoms with Gasteiger partial charge in [0, 0.05) is 25.8 Å². The molecule has 1 fully saturated rings. The molecule has 3 heteroatoms. The van der Waals surface area contributed by atoms with Crippen molar-refractivity contribution in [1.29, 1.82) is 0 Å². The van der Waals surface area contributed by atoms with Gasteiger partial charge in [0.2, 0.25) is 0 Å². The fraction of sp³-hybridized carbons (Fsp3) is 0.647. The lowest BCUT2D eigenvalue weighted by atomic mass is 9.74. The van der Waals surface area contributed by atoms with Crippen LogP contribution in [0, 0.1) is 18.2 Å². The number of aryl methyl sites for hydroxylation is 1. The van der Waals surface area contributed by atoms with Gasteiger partial charge in [0.15, 0.2) is 0 Å². The Hall–Kier alpha value is -0.930. The summed E-state index contributed by atoms with van der Waals surface area (Å²) in [6.45, 7) is 9.00. The van der Waals surface area contributed by atoms with E-state index in [1.54, 1.807) is 12.1 Å². The fourth-order valence-corrected chi connectivity index (χ4v) is 2.88. The van der Waals surface area contributed by atoms with Gasteiger partial charge < -0.3 is 10.1 Å². The monoisotopic (exact) mass is 279 g/mol. The highest BCUT2D eigenvalue weighted by Crippen LogP contribution is 2.35. The average Bonchev–Trinajstić information content (AvgIpc) is 2.42. The molecule has 0 amide bonds. The highest BCUT2D eigenvalue weighted by Gasteiger charge is 2.33. The summed E-state index contributed by atoms with van der Waals surface area (Å²) in [5.41, 5.74) is 2.51. The van der Waals surface area contributed by atoms with Gasteiger partial charge >= 0.3 is 0 Å². The first-order valence-electron chi connectivity index (χ1n) is 7.57. The minimum atomic E-state index is -0.135. The van der Waals surface area contributed by atoms with Gasteiger partial charge in [-0.3, -0.25) is 0 Å². The van der Waals surface area contributed by atoms with E-state index >= 15 is 0 Å². The molecule has 1 aliphatic heterocycles. The fourth-order valence-electron chi connectivity index (χ4n) is 2.88. The lowest BCUT2D eigenvalue weighted by Gasteiger charge is -2.38. The van der Waals surface area contributed by atoms with Gasteiger partial charge in [0.25, 0.3) is 0 Å². The van der Waals surface area contributed by atoms with Gasteiger partial charge in [-0.25, -0.2) is 4.39 Å². The first-order chi connectivity index (χ1) is 9.51. The van der Waals surface area contributed by atoms with E-state index in [-0.39, 0.29) is 11.2 Å². The summed E-state index contributed by atoms with van der Waals surface area (Å²) in [6.07, 6.45) is 3.02. The van der Waals surface area contributed by atoms with Crippen molar-refractivity contribution >= 4 is 0 Å². The lowest BCUT2D eigenvalue weighted by Crippen LogP contribution is -2.43. The molecule has 112 valence electrons. The van der Waals surface area contributed by atoms with E-state index in [1.165, 1.54) is 5.56 Å². The number of ether oxygens (including phenoxy) is 1. The smallest absolute Gasteiger partial charge is 0.123 e. The predicted molar refractivity (Wildman–Crippen MR) is 80.5 cm³/mol. The van der Waals surface area contributed by atoms with Crippen LogP contribution in [0.4, 0.5) is 4.39 Å². The molecule has 1 aliphatic rings. The van der Waals surface area contributed by atoms with Gasteiger partial charge in [-0.15, -0.1) is 0 Å². The molecule has 0 bridgehead atoms. The Kier molecular flexibility index (Phi) is 5.17. The number of hydrogen-bond acceptors (Lipinski definition) is 2. The Morgan fingerprint density at radius 2 is 2.00 bits per heavy atom. The molecule has 1 heterocycles. The second-order valence-electron chi connectivity index (χ2n) is 6.40. The van der Waals surface area contributed by atoms with E-state index in [9.17, 15) is 4.39 Å². The van der Waals surface area contributed by atoms with Crippen LogP contribution in [0.1, 0.15) is 37.8 Å². The van der Waals surface area contributed by atoms with Crippen molar-refractivity contribution in [3.05, 3.63) is 35.1 Å². The van der Waals surface area contributed by atoms with E-state index in [2.05, 4.69) is 26.1 Å². The second-order valence-corrected chi connectivity index (χ2v) is 6.40. The second kappa shape index (κ2) is 6.68. The molecule has 0 radical (unpaired) electrons. The van der Waals surface area contributed by atoms with Crippen molar-refractivity contribution in [3.63, 3.8) is 0 Å². The third-order valence-electron chi connectivity index (χ3n) is 4.32. The summed E-state index contributed by atoms with van der Waals surface area (Å²) in [7, 11) is 0. The van der Waals surface area contributed by atoms with Gasteiger partial charge in [-0.1, -0.05) is 19.9 Å². The minimum Gasteiger partial charge on any atom is -0.381 e. The van der Waals surface area contributed by atoms with Crippen LogP contribution in [-0.2, 0) is 11.2 Å². The number of halogens is 1. The van der Waals surface area contributed by atoms with Crippen molar-refractivity contribution in [1.82, 2.24) is 5.32 Å². The van der Waals surface area contributed by atoms with Gasteiger partial charge in [-0.05, 0) is 54.9 Å². The molecular weight excluding hydrogens is 253 g/mol. The molecule has 0 saturated carbocycles. The summed E-state index contributed by atoms with van der Waals surface area (Å²) in [6, 6.07) is 5.60. The summed E-state index contributed by atoms with van der Waals surface area (Å²) in [5.74, 6) is -0.135. The zero-order valence-corrected chi connectivity index (χ0v) is 12.8. The Morgan fingerprint density at radius 3 is 2.65 bits per heavy atom. The molecule has 20 heavy (non-hydrogen) atoms. The van der Waals surface area contributed by atoms with Crippen molar-refractivity contribution in [3.8, 4) is 0 Å². The maximum Gasteiger partial charge on any atom is 0.123 e. The molecule has 1 aromatic carbocycles. The molecule has 0 unspecified atom stereocenters. The topological polar surface area (TPSA) is 21.3 Å². The Labute approximate surface area is 121 Å². The number of benzene rings is 1. The number of rotatable bonds is 5. The van der Waals surface area contributed by atoms with Gasteiger partial charge in [0.1, 0.15) is 5.82 Å². The Bertz CT molecular complexity index is 439. The predicted octanol–water partition coefficient (Wildman–Crippen LogP) is 3.47.